The Balaban J connectivity index is 2.27. The Morgan fingerprint density at radius 2 is 2.00 bits per heavy atom. The van der Waals surface area contributed by atoms with Gasteiger partial charge in [-0.2, -0.15) is 0 Å². The van der Waals surface area contributed by atoms with E-state index in [4.69, 9.17) is 5.73 Å². The highest BCUT2D eigenvalue weighted by Crippen LogP contribution is 2.11. The quantitative estimate of drug-likeness (QED) is 0.656. The van der Waals surface area contributed by atoms with Crippen LogP contribution in [0.5, 0.6) is 0 Å². The standard InChI is InChI=1S/C14H20BrN3O2/c1-2-4-12(16)14(20)18-8-7-17-13(19)10-5-3-6-11(15)9-10/h3,5-6,9,12H,2,4,7-8,16H2,1H3,(H,17,19)(H,18,20). The molecule has 0 saturated carbocycles. The number of benzene rings is 1. The lowest BCUT2D eigenvalue weighted by atomic mass is 10.2. The summed E-state index contributed by atoms with van der Waals surface area (Å²) in [6, 6.07) is 6.65. The summed E-state index contributed by atoms with van der Waals surface area (Å²) in [6.45, 7) is 2.72. The summed E-state index contributed by atoms with van der Waals surface area (Å²) >= 11 is 3.31. The average molecular weight is 342 g/mol. The van der Waals surface area contributed by atoms with E-state index in [-0.39, 0.29) is 11.8 Å². The first kappa shape index (κ1) is 16.7. The monoisotopic (exact) mass is 341 g/mol. The van der Waals surface area contributed by atoms with Gasteiger partial charge in [-0.1, -0.05) is 35.3 Å². The van der Waals surface area contributed by atoms with E-state index in [0.29, 0.717) is 25.1 Å². The van der Waals surface area contributed by atoms with E-state index in [1.54, 1.807) is 18.2 Å². The third-order valence-corrected chi connectivity index (χ3v) is 3.23. The average Bonchev–Trinajstić information content (AvgIpc) is 2.43. The van der Waals surface area contributed by atoms with E-state index in [1.165, 1.54) is 0 Å². The molecule has 1 atom stereocenters. The Labute approximate surface area is 127 Å². The summed E-state index contributed by atoms with van der Waals surface area (Å²) in [5.41, 5.74) is 6.25. The molecule has 0 heterocycles. The van der Waals surface area contributed by atoms with Crippen LogP contribution in [0.2, 0.25) is 0 Å². The fourth-order valence-electron chi connectivity index (χ4n) is 1.67. The van der Waals surface area contributed by atoms with Crippen molar-refractivity contribution in [3.8, 4) is 0 Å². The van der Waals surface area contributed by atoms with Gasteiger partial charge in [0.05, 0.1) is 6.04 Å². The highest BCUT2D eigenvalue weighted by Gasteiger charge is 2.11. The summed E-state index contributed by atoms with van der Waals surface area (Å²) in [7, 11) is 0. The summed E-state index contributed by atoms with van der Waals surface area (Å²) in [5.74, 6) is -0.345. The van der Waals surface area contributed by atoms with E-state index in [9.17, 15) is 9.59 Å². The van der Waals surface area contributed by atoms with Crippen molar-refractivity contribution < 1.29 is 9.59 Å². The molecule has 0 bridgehead atoms. The summed E-state index contributed by atoms with van der Waals surface area (Å²) in [6.07, 6.45) is 1.53. The molecular formula is C14H20BrN3O2. The Hall–Kier alpha value is -1.40. The second kappa shape index (κ2) is 8.71. The van der Waals surface area contributed by atoms with Crippen LogP contribution >= 0.6 is 15.9 Å². The van der Waals surface area contributed by atoms with Gasteiger partial charge in [0.25, 0.3) is 5.91 Å². The van der Waals surface area contributed by atoms with Gasteiger partial charge >= 0.3 is 0 Å². The number of hydrogen-bond acceptors (Lipinski definition) is 3. The molecule has 0 spiro atoms. The van der Waals surface area contributed by atoms with Crippen LogP contribution in [0.4, 0.5) is 0 Å². The maximum Gasteiger partial charge on any atom is 0.251 e. The number of amides is 2. The van der Waals surface area contributed by atoms with Crippen molar-refractivity contribution in [3.05, 3.63) is 34.3 Å². The SMILES string of the molecule is CCCC(N)C(=O)NCCNC(=O)c1cccc(Br)c1. The van der Waals surface area contributed by atoms with Crippen LogP contribution in [-0.4, -0.2) is 30.9 Å². The molecule has 0 aliphatic carbocycles. The van der Waals surface area contributed by atoms with Crippen molar-refractivity contribution in [1.29, 1.82) is 0 Å². The van der Waals surface area contributed by atoms with Crippen molar-refractivity contribution in [3.63, 3.8) is 0 Å². The molecule has 1 aromatic rings. The molecule has 1 unspecified atom stereocenters. The van der Waals surface area contributed by atoms with E-state index < -0.39 is 6.04 Å². The molecule has 0 radical (unpaired) electrons. The van der Waals surface area contributed by atoms with E-state index in [2.05, 4.69) is 26.6 Å². The molecule has 6 heteroatoms. The number of carbonyl (C=O) groups excluding carboxylic acids is 2. The van der Waals surface area contributed by atoms with Crippen molar-refractivity contribution >= 4 is 27.7 Å². The van der Waals surface area contributed by atoms with Crippen LogP contribution in [-0.2, 0) is 4.79 Å². The van der Waals surface area contributed by atoms with Gasteiger partial charge < -0.3 is 16.4 Å². The second-order valence-corrected chi connectivity index (χ2v) is 5.37. The molecule has 1 rings (SSSR count). The van der Waals surface area contributed by atoms with Crippen molar-refractivity contribution in [2.24, 2.45) is 5.73 Å². The zero-order valence-corrected chi connectivity index (χ0v) is 13.1. The third-order valence-electron chi connectivity index (χ3n) is 2.73. The first-order chi connectivity index (χ1) is 9.54. The topological polar surface area (TPSA) is 84.2 Å². The zero-order chi connectivity index (χ0) is 15.0. The maximum atomic E-state index is 11.8. The molecule has 0 fully saturated rings. The van der Waals surface area contributed by atoms with Crippen LogP contribution in [0.1, 0.15) is 30.1 Å². The predicted octanol–water partition coefficient (Wildman–Crippen LogP) is 1.42. The molecule has 5 nitrogen and oxygen atoms in total. The molecule has 1 aromatic carbocycles. The molecule has 0 saturated heterocycles. The number of hydrogen-bond donors (Lipinski definition) is 3. The molecule has 20 heavy (non-hydrogen) atoms. The summed E-state index contributed by atoms with van der Waals surface area (Å²) in [4.78, 5) is 23.3. The van der Waals surface area contributed by atoms with Crippen LogP contribution in [0.3, 0.4) is 0 Å². The molecule has 2 amide bonds. The van der Waals surface area contributed by atoms with Gasteiger partial charge in [0.1, 0.15) is 0 Å². The molecule has 0 aromatic heterocycles. The van der Waals surface area contributed by atoms with E-state index in [0.717, 1.165) is 10.9 Å². The Bertz CT molecular complexity index is 465. The minimum absolute atomic E-state index is 0.168. The molecule has 0 aliphatic rings. The number of halogens is 1. The fraction of sp³-hybridized carbons (Fsp3) is 0.429. The molecule has 0 aliphatic heterocycles. The lowest BCUT2D eigenvalue weighted by molar-refractivity contribution is -0.122. The van der Waals surface area contributed by atoms with Crippen LogP contribution in [0, 0.1) is 0 Å². The predicted molar refractivity (Wildman–Crippen MR) is 82.4 cm³/mol. The zero-order valence-electron chi connectivity index (χ0n) is 11.5. The largest absolute Gasteiger partial charge is 0.353 e. The Morgan fingerprint density at radius 3 is 2.65 bits per heavy atom. The lowest BCUT2D eigenvalue weighted by Crippen LogP contribution is -2.43. The smallest absolute Gasteiger partial charge is 0.251 e. The van der Waals surface area contributed by atoms with Gasteiger partial charge in [0, 0.05) is 23.1 Å². The number of nitrogens with two attached hydrogens (primary N) is 1. The number of carbonyl (C=O) groups is 2. The minimum atomic E-state index is -0.471. The molecule has 110 valence electrons. The van der Waals surface area contributed by atoms with Crippen molar-refractivity contribution in [2.75, 3.05) is 13.1 Å². The van der Waals surface area contributed by atoms with Gasteiger partial charge in [0.15, 0.2) is 0 Å². The van der Waals surface area contributed by atoms with Gasteiger partial charge in [-0.15, -0.1) is 0 Å². The van der Waals surface area contributed by atoms with Crippen LogP contribution < -0.4 is 16.4 Å². The van der Waals surface area contributed by atoms with Gasteiger partial charge in [0.2, 0.25) is 5.91 Å². The lowest BCUT2D eigenvalue weighted by Gasteiger charge is -2.11. The minimum Gasteiger partial charge on any atom is -0.353 e. The van der Waals surface area contributed by atoms with Gasteiger partial charge in [-0.25, -0.2) is 0 Å². The molecular weight excluding hydrogens is 322 g/mol. The van der Waals surface area contributed by atoms with Gasteiger partial charge in [-0.3, -0.25) is 9.59 Å². The fourth-order valence-corrected chi connectivity index (χ4v) is 2.07. The van der Waals surface area contributed by atoms with Crippen LogP contribution in [0.25, 0.3) is 0 Å². The second-order valence-electron chi connectivity index (χ2n) is 4.45. The summed E-state index contributed by atoms with van der Waals surface area (Å²) < 4.78 is 0.851. The van der Waals surface area contributed by atoms with E-state index >= 15 is 0 Å². The summed E-state index contributed by atoms with van der Waals surface area (Å²) in [5, 5.41) is 5.43. The number of rotatable bonds is 7. The normalized spacial score (nSPS) is 11.8. The first-order valence-electron chi connectivity index (χ1n) is 6.61. The first-order valence-corrected chi connectivity index (χ1v) is 7.41. The highest BCUT2D eigenvalue weighted by molar-refractivity contribution is 9.10. The Kier molecular flexibility index (Phi) is 7.25. The van der Waals surface area contributed by atoms with E-state index in [1.807, 2.05) is 13.0 Å². The maximum absolute atomic E-state index is 11.8. The van der Waals surface area contributed by atoms with Gasteiger partial charge in [-0.05, 0) is 24.6 Å². The third kappa shape index (κ3) is 5.71. The van der Waals surface area contributed by atoms with Crippen molar-refractivity contribution in [1.82, 2.24) is 10.6 Å². The van der Waals surface area contributed by atoms with Crippen LogP contribution in [0.15, 0.2) is 28.7 Å². The molecule has 4 N–H and O–H groups in total. The van der Waals surface area contributed by atoms with Crippen molar-refractivity contribution in [2.45, 2.75) is 25.8 Å². The number of nitrogens with one attached hydrogen (secondary N) is 2. The highest BCUT2D eigenvalue weighted by atomic mass is 79.9. The Morgan fingerprint density at radius 1 is 1.30 bits per heavy atom.